The molecular weight excluding hydrogens is 272 g/mol. The van der Waals surface area contributed by atoms with Crippen LogP contribution in [-0.2, 0) is 9.84 Å². The number of benzene rings is 1. The molecule has 0 amide bonds. The van der Waals surface area contributed by atoms with Gasteiger partial charge in [0.25, 0.3) is 0 Å². The van der Waals surface area contributed by atoms with Gasteiger partial charge in [-0.1, -0.05) is 55.3 Å². The average molecular weight is 289 g/mol. The van der Waals surface area contributed by atoms with E-state index in [9.17, 15) is 13.2 Å². The number of hydrogen-bond acceptors (Lipinski definition) is 3. The highest BCUT2D eigenvalue weighted by Gasteiger charge is 2.46. The van der Waals surface area contributed by atoms with Crippen LogP contribution in [0.4, 0.5) is 0 Å². The first-order valence-electron chi connectivity index (χ1n) is 5.81. The van der Waals surface area contributed by atoms with Gasteiger partial charge in [0, 0.05) is 11.3 Å². The third-order valence-electron chi connectivity index (χ3n) is 2.98. The van der Waals surface area contributed by atoms with Crippen molar-refractivity contribution in [3.63, 3.8) is 0 Å². The van der Waals surface area contributed by atoms with E-state index in [-0.39, 0.29) is 12.2 Å². The Morgan fingerprint density at radius 2 is 1.72 bits per heavy atom. The van der Waals surface area contributed by atoms with Crippen molar-refractivity contribution < 1.29 is 13.2 Å². The second-order valence-corrected chi connectivity index (χ2v) is 7.55. The lowest BCUT2D eigenvalue weighted by Crippen LogP contribution is -2.41. The van der Waals surface area contributed by atoms with Crippen LogP contribution in [0.2, 0.25) is 0 Å². The molecule has 0 bridgehead atoms. The summed E-state index contributed by atoms with van der Waals surface area (Å²) in [5.74, 6) is -0.699. The first-order valence-corrected chi connectivity index (χ1v) is 7.84. The SMILES string of the molecule is CCC(Cl)(C(=O)c1ccc(C)cc1)S(=O)(=O)CC. The summed E-state index contributed by atoms with van der Waals surface area (Å²) in [4.78, 5) is 12.3. The van der Waals surface area contributed by atoms with Crippen LogP contribution in [0.3, 0.4) is 0 Å². The number of carbonyl (C=O) groups is 1. The Labute approximate surface area is 113 Å². The molecule has 1 atom stereocenters. The topological polar surface area (TPSA) is 51.2 Å². The molecule has 0 aliphatic heterocycles. The molecule has 1 aromatic rings. The van der Waals surface area contributed by atoms with Crippen LogP contribution in [0, 0.1) is 6.92 Å². The Kier molecular flexibility index (Phi) is 4.56. The molecule has 1 rings (SSSR count). The largest absolute Gasteiger partial charge is 0.291 e. The maximum absolute atomic E-state index is 12.3. The van der Waals surface area contributed by atoms with Crippen LogP contribution in [0.5, 0.6) is 0 Å². The number of hydrogen-bond donors (Lipinski definition) is 0. The fourth-order valence-corrected chi connectivity index (χ4v) is 3.41. The standard InChI is InChI=1S/C13H17ClO3S/c1-4-13(14,18(16,17)5-2)12(15)11-8-6-10(3)7-9-11/h6-9H,4-5H2,1-3H3. The molecule has 0 aliphatic rings. The Bertz CT molecular complexity index is 534. The van der Waals surface area contributed by atoms with Gasteiger partial charge in [0.2, 0.25) is 4.21 Å². The van der Waals surface area contributed by atoms with Crippen LogP contribution >= 0.6 is 11.6 Å². The molecule has 3 nitrogen and oxygen atoms in total. The van der Waals surface area contributed by atoms with Gasteiger partial charge in [-0.2, -0.15) is 0 Å². The molecule has 0 N–H and O–H groups in total. The highest BCUT2D eigenvalue weighted by atomic mass is 35.5. The number of sulfone groups is 1. The molecule has 0 saturated carbocycles. The molecule has 1 aromatic carbocycles. The van der Waals surface area contributed by atoms with Crippen LogP contribution in [-0.4, -0.2) is 24.2 Å². The van der Waals surface area contributed by atoms with E-state index in [1.165, 1.54) is 6.92 Å². The monoisotopic (exact) mass is 288 g/mol. The van der Waals surface area contributed by atoms with Gasteiger partial charge in [0.1, 0.15) is 0 Å². The Morgan fingerprint density at radius 3 is 2.11 bits per heavy atom. The van der Waals surface area contributed by atoms with E-state index >= 15 is 0 Å². The minimum Gasteiger partial charge on any atom is -0.291 e. The van der Waals surface area contributed by atoms with E-state index in [0.717, 1.165) is 5.56 Å². The van der Waals surface area contributed by atoms with Gasteiger partial charge in [-0.05, 0) is 13.3 Å². The Morgan fingerprint density at radius 1 is 1.22 bits per heavy atom. The van der Waals surface area contributed by atoms with Crippen LogP contribution < -0.4 is 0 Å². The first kappa shape index (κ1) is 15.2. The van der Waals surface area contributed by atoms with E-state index in [2.05, 4.69) is 0 Å². The quantitative estimate of drug-likeness (QED) is 0.618. The molecule has 0 radical (unpaired) electrons. The van der Waals surface area contributed by atoms with Gasteiger partial charge < -0.3 is 0 Å². The maximum atomic E-state index is 12.3. The first-order chi connectivity index (χ1) is 8.28. The van der Waals surface area contributed by atoms with Crippen molar-refractivity contribution in [1.29, 1.82) is 0 Å². The molecule has 100 valence electrons. The minimum atomic E-state index is -3.65. The second-order valence-electron chi connectivity index (χ2n) is 4.18. The summed E-state index contributed by atoms with van der Waals surface area (Å²) in [5, 5.41) is 0. The third kappa shape index (κ3) is 2.59. The van der Waals surface area contributed by atoms with Crippen LogP contribution in [0.1, 0.15) is 36.2 Å². The van der Waals surface area contributed by atoms with E-state index in [4.69, 9.17) is 11.6 Å². The summed E-state index contributed by atoms with van der Waals surface area (Å²) in [6.07, 6.45) is 0.0530. The highest BCUT2D eigenvalue weighted by Crippen LogP contribution is 2.32. The number of Topliss-reactive ketones (excluding diaryl/α,β-unsaturated/α-hetero) is 1. The zero-order chi connectivity index (χ0) is 14.0. The van der Waals surface area contributed by atoms with Crippen molar-refractivity contribution in [2.75, 3.05) is 5.75 Å². The van der Waals surface area contributed by atoms with Crippen molar-refractivity contribution in [2.45, 2.75) is 31.4 Å². The molecule has 1 unspecified atom stereocenters. The number of ketones is 1. The molecule has 18 heavy (non-hydrogen) atoms. The normalized spacial score (nSPS) is 15.1. The Hall–Kier alpha value is -0.870. The molecule has 0 spiro atoms. The molecular formula is C13H17ClO3S. The smallest absolute Gasteiger partial charge is 0.207 e. The molecule has 0 aromatic heterocycles. The summed E-state index contributed by atoms with van der Waals surface area (Å²) in [7, 11) is -3.65. The lowest BCUT2D eigenvalue weighted by atomic mass is 10.0. The molecule has 0 heterocycles. The number of carbonyl (C=O) groups excluding carboxylic acids is 1. The summed E-state index contributed by atoms with van der Waals surface area (Å²) in [6, 6.07) is 6.74. The third-order valence-corrected chi connectivity index (χ3v) is 6.34. The summed E-state index contributed by atoms with van der Waals surface area (Å²) >= 11 is 6.10. The van der Waals surface area contributed by atoms with Crippen LogP contribution in [0.25, 0.3) is 0 Å². The average Bonchev–Trinajstić information content (AvgIpc) is 2.37. The number of alkyl halides is 1. The second kappa shape index (κ2) is 5.41. The molecule has 0 fully saturated rings. The fourth-order valence-electron chi connectivity index (χ4n) is 1.67. The molecule has 0 aliphatic carbocycles. The van der Waals surface area contributed by atoms with Crippen molar-refractivity contribution in [1.82, 2.24) is 0 Å². The van der Waals surface area contributed by atoms with Gasteiger partial charge in [0.05, 0.1) is 0 Å². The summed E-state index contributed by atoms with van der Waals surface area (Å²) in [6.45, 7) is 4.99. The van der Waals surface area contributed by atoms with E-state index in [1.807, 2.05) is 6.92 Å². The zero-order valence-corrected chi connectivity index (χ0v) is 12.3. The number of rotatable bonds is 5. The van der Waals surface area contributed by atoms with Crippen molar-refractivity contribution in [3.8, 4) is 0 Å². The zero-order valence-electron chi connectivity index (χ0n) is 10.7. The predicted octanol–water partition coefficient (Wildman–Crippen LogP) is 2.96. The van der Waals surface area contributed by atoms with Gasteiger partial charge in [-0.15, -0.1) is 0 Å². The predicted molar refractivity (Wildman–Crippen MR) is 73.8 cm³/mol. The van der Waals surface area contributed by atoms with Crippen LogP contribution in [0.15, 0.2) is 24.3 Å². The summed E-state index contributed by atoms with van der Waals surface area (Å²) < 4.78 is 22.1. The van der Waals surface area contributed by atoms with Crippen molar-refractivity contribution in [2.24, 2.45) is 0 Å². The molecule has 0 saturated heterocycles. The lowest BCUT2D eigenvalue weighted by molar-refractivity contribution is 0.0970. The van der Waals surface area contributed by atoms with E-state index in [0.29, 0.717) is 5.56 Å². The maximum Gasteiger partial charge on any atom is 0.207 e. The number of halogens is 1. The van der Waals surface area contributed by atoms with Crippen molar-refractivity contribution in [3.05, 3.63) is 35.4 Å². The van der Waals surface area contributed by atoms with E-state index in [1.54, 1.807) is 31.2 Å². The fraction of sp³-hybridized carbons (Fsp3) is 0.462. The summed E-state index contributed by atoms with van der Waals surface area (Å²) in [5.41, 5.74) is 1.33. The van der Waals surface area contributed by atoms with Gasteiger partial charge >= 0.3 is 0 Å². The van der Waals surface area contributed by atoms with Gasteiger partial charge in [-0.3, -0.25) is 4.79 Å². The van der Waals surface area contributed by atoms with E-state index < -0.39 is 19.8 Å². The highest BCUT2D eigenvalue weighted by molar-refractivity contribution is 7.95. The van der Waals surface area contributed by atoms with Gasteiger partial charge in [-0.25, -0.2) is 8.42 Å². The minimum absolute atomic E-state index is 0.0530. The van der Waals surface area contributed by atoms with Crippen molar-refractivity contribution >= 4 is 27.2 Å². The van der Waals surface area contributed by atoms with Gasteiger partial charge in [0.15, 0.2) is 15.6 Å². The number of aryl methyl sites for hydroxylation is 1. The molecule has 5 heteroatoms. The lowest BCUT2D eigenvalue weighted by Gasteiger charge is -2.23. The Balaban J connectivity index is 3.26.